The molecule has 4 aliphatic carbocycles. The fourth-order valence-electron chi connectivity index (χ4n) is 9.32. The van der Waals surface area contributed by atoms with Crippen LogP contribution in [0.25, 0.3) is 0 Å². The number of aliphatic hydroxyl groups is 2. The fraction of sp³-hybridized carbons (Fsp3) is 0.963. The normalized spacial score (nSPS) is 45.3. The SMILES string of the molecule is CO[C@@H]1C[C@@H]2C[C@H](O)CC[C@]2(C)[C@H]2C[C@H](O)[C@]3(C)[C@@H]([C@H](C)CCC(=O)NCCS(=O)(=O)O)CC[C@H]3[C@H]12. The molecule has 0 heterocycles. The van der Waals surface area contributed by atoms with Gasteiger partial charge in [0.25, 0.3) is 10.1 Å². The monoisotopic (exact) mass is 529 g/mol. The van der Waals surface area contributed by atoms with E-state index < -0.39 is 22.0 Å². The summed E-state index contributed by atoms with van der Waals surface area (Å²) in [5.74, 6) is 1.46. The average molecular weight is 530 g/mol. The van der Waals surface area contributed by atoms with Gasteiger partial charge < -0.3 is 20.3 Å². The zero-order valence-electron chi connectivity index (χ0n) is 22.4. The molecule has 0 unspecified atom stereocenters. The summed E-state index contributed by atoms with van der Waals surface area (Å²) in [5, 5.41) is 24.7. The molecule has 4 rings (SSSR count). The lowest BCUT2D eigenvalue weighted by Gasteiger charge is -2.64. The van der Waals surface area contributed by atoms with Gasteiger partial charge in [-0.15, -0.1) is 0 Å². The molecule has 0 radical (unpaired) electrons. The van der Waals surface area contributed by atoms with Crippen molar-refractivity contribution in [3.05, 3.63) is 0 Å². The van der Waals surface area contributed by atoms with E-state index in [1.807, 2.05) is 7.11 Å². The summed E-state index contributed by atoms with van der Waals surface area (Å²) in [6.45, 7) is 6.76. The Morgan fingerprint density at radius 1 is 1.11 bits per heavy atom. The molecule has 0 aromatic rings. The Kier molecular flexibility index (Phi) is 8.20. The lowest BCUT2D eigenvalue weighted by molar-refractivity contribution is -0.212. The number of carbonyl (C=O) groups is 1. The highest BCUT2D eigenvalue weighted by Gasteiger charge is 2.65. The van der Waals surface area contributed by atoms with Crippen LogP contribution in [0.5, 0.6) is 0 Å². The number of hydrogen-bond donors (Lipinski definition) is 4. The fourth-order valence-corrected chi connectivity index (χ4v) is 9.68. The average Bonchev–Trinajstić information content (AvgIpc) is 3.16. The lowest BCUT2D eigenvalue weighted by Crippen LogP contribution is -2.62. The van der Waals surface area contributed by atoms with Crippen LogP contribution in [0.15, 0.2) is 0 Å². The molecule has 0 bridgehead atoms. The number of rotatable bonds is 8. The number of nitrogens with one attached hydrogen (secondary N) is 1. The van der Waals surface area contributed by atoms with E-state index in [0.717, 1.165) is 44.9 Å². The van der Waals surface area contributed by atoms with Crippen LogP contribution in [0.1, 0.15) is 78.6 Å². The first-order valence-corrected chi connectivity index (χ1v) is 15.5. The predicted octanol–water partition coefficient (Wildman–Crippen LogP) is 3.02. The summed E-state index contributed by atoms with van der Waals surface area (Å²) in [6, 6.07) is 0. The van der Waals surface area contributed by atoms with Gasteiger partial charge in [0.1, 0.15) is 0 Å². The van der Waals surface area contributed by atoms with Crippen molar-refractivity contribution < 1.29 is 32.7 Å². The highest BCUT2D eigenvalue weighted by molar-refractivity contribution is 7.85. The third-order valence-electron chi connectivity index (χ3n) is 11.3. The third kappa shape index (κ3) is 5.12. The van der Waals surface area contributed by atoms with Gasteiger partial charge in [-0.3, -0.25) is 9.35 Å². The van der Waals surface area contributed by atoms with Crippen LogP contribution in [0.2, 0.25) is 0 Å². The van der Waals surface area contributed by atoms with E-state index in [0.29, 0.717) is 42.4 Å². The van der Waals surface area contributed by atoms with Crippen molar-refractivity contribution >= 4 is 16.0 Å². The van der Waals surface area contributed by atoms with E-state index >= 15 is 0 Å². The largest absolute Gasteiger partial charge is 0.393 e. The minimum Gasteiger partial charge on any atom is -0.393 e. The Bertz CT molecular complexity index is 912. The van der Waals surface area contributed by atoms with Crippen molar-refractivity contribution in [2.75, 3.05) is 19.4 Å². The predicted molar refractivity (Wildman–Crippen MR) is 137 cm³/mol. The molecule has 4 N–H and O–H groups in total. The van der Waals surface area contributed by atoms with E-state index in [2.05, 4.69) is 26.1 Å². The van der Waals surface area contributed by atoms with Crippen molar-refractivity contribution in [2.45, 2.75) is 96.9 Å². The molecule has 208 valence electrons. The highest BCUT2D eigenvalue weighted by atomic mass is 32.2. The third-order valence-corrected chi connectivity index (χ3v) is 12.0. The quantitative estimate of drug-likeness (QED) is 0.355. The zero-order chi connectivity index (χ0) is 26.5. The van der Waals surface area contributed by atoms with Crippen LogP contribution in [0, 0.1) is 46.3 Å². The van der Waals surface area contributed by atoms with Crippen LogP contribution in [-0.4, -0.2) is 66.8 Å². The molecule has 11 atom stereocenters. The molecular weight excluding hydrogens is 482 g/mol. The smallest absolute Gasteiger partial charge is 0.266 e. The number of amides is 1. The zero-order valence-corrected chi connectivity index (χ0v) is 23.2. The number of carbonyl (C=O) groups excluding carboxylic acids is 1. The molecule has 36 heavy (non-hydrogen) atoms. The van der Waals surface area contributed by atoms with E-state index in [9.17, 15) is 23.4 Å². The van der Waals surface area contributed by atoms with E-state index in [1.54, 1.807) is 0 Å². The Labute approximate surface area is 216 Å². The molecule has 0 spiro atoms. The minimum absolute atomic E-state index is 0.0910. The maximum Gasteiger partial charge on any atom is 0.266 e. The molecule has 1 amide bonds. The summed E-state index contributed by atoms with van der Waals surface area (Å²) in [7, 11) is -2.27. The van der Waals surface area contributed by atoms with Crippen LogP contribution in [0.3, 0.4) is 0 Å². The topological polar surface area (TPSA) is 133 Å². The van der Waals surface area contributed by atoms with Crippen LogP contribution in [-0.2, 0) is 19.6 Å². The molecule has 4 aliphatic rings. The number of aliphatic hydroxyl groups excluding tert-OH is 2. The number of hydrogen-bond acceptors (Lipinski definition) is 6. The summed E-state index contributed by atoms with van der Waals surface area (Å²) in [5.41, 5.74) is -0.0960. The molecule has 4 saturated carbocycles. The summed E-state index contributed by atoms with van der Waals surface area (Å²) >= 11 is 0. The van der Waals surface area contributed by atoms with Gasteiger partial charge in [-0.05, 0) is 97.7 Å². The van der Waals surface area contributed by atoms with E-state index in [-0.39, 0.29) is 41.4 Å². The number of ether oxygens (including phenoxy) is 1. The van der Waals surface area contributed by atoms with E-state index in [1.165, 1.54) is 0 Å². The maximum absolute atomic E-state index is 12.3. The van der Waals surface area contributed by atoms with Gasteiger partial charge in [-0.1, -0.05) is 20.8 Å². The molecule has 8 nitrogen and oxygen atoms in total. The second kappa shape index (κ2) is 10.4. The van der Waals surface area contributed by atoms with Gasteiger partial charge in [0.2, 0.25) is 5.91 Å². The van der Waals surface area contributed by atoms with Crippen LogP contribution >= 0.6 is 0 Å². The molecule has 0 saturated heterocycles. The van der Waals surface area contributed by atoms with Crippen molar-refractivity contribution in [1.82, 2.24) is 5.32 Å². The minimum atomic E-state index is -4.09. The van der Waals surface area contributed by atoms with Gasteiger partial charge in [-0.2, -0.15) is 8.42 Å². The Hall–Kier alpha value is -0.740. The molecule has 0 aliphatic heterocycles. The summed E-state index contributed by atoms with van der Waals surface area (Å²) in [6.07, 6.45) is 7.05. The first-order chi connectivity index (χ1) is 16.8. The lowest BCUT2D eigenvalue weighted by atomic mass is 9.43. The summed E-state index contributed by atoms with van der Waals surface area (Å²) < 4.78 is 36.7. The standard InChI is InChI=1S/C27H47NO7S/c1-16(5-8-24(31)28-11-12-36(32,33)34)19-6-7-20-25-21(15-23(30)27(19,20)3)26(2)10-9-18(29)13-17(26)14-22(25)35-4/h16-23,25,29-30H,5-15H2,1-4H3,(H,28,31)(H,32,33,34)/t16-,17+,18-,19-,20+,21+,22-,23+,25+,26+,27-/m1/s1. The molecular formula is C27H47NO7S. The Morgan fingerprint density at radius 3 is 2.50 bits per heavy atom. The van der Waals surface area contributed by atoms with E-state index in [4.69, 9.17) is 9.29 Å². The molecule has 0 aromatic carbocycles. The van der Waals surface area contributed by atoms with Crippen LogP contribution in [0.4, 0.5) is 0 Å². The molecule has 4 fully saturated rings. The number of fused-ring (bicyclic) bond motifs is 5. The Morgan fingerprint density at radius 2 is 1.83 bits per heavy atom. The molecule has 9 heteroatoms. The van der Waals surface area contributed by atoms with Gasteiger partial charge in [0.05, 0.1) is 24.1 Å². The van der Waals surface area contributed by atoms with Gasteiger partial charge >= 0.3 is 0 Å². The van der Waals surface area contributed by atoms with Gasteiger partial charge in [0.15, 0.2) is 0 Å². The highest BCUT2D eigenvalue weighted by Crippen LogP contribution is 2.68. The van der Waals surface area contributed by atoms with Crippen molar-refractivity contribution in [3.63, 3.8) is 0 Å². The number of methoxy groups -OCH3 is 1. The second-order valence-corrected chi connectivity index (χ2v) is 14.5. The first kappa shape index (κ1) is 28.3. The first-order valence-electron chi connectivity index (χ1n) is 13.9. The Balaban J connectivity index is 1.46. The van der Waals surface area contributed by atoms with Gasteiger partial charge in [-0.25, -0.2) is 0 Å². The second-order valence-electron chi connectivity index (χ2n) is 12.9. The molecule has 0 aromatic heterocycles. The van der Waals surface area contributed by atoms with Crippen molar-refractivity contribution in [1.29, 1.82) is 0 Å². The van der Waals surface area contributed by atoms with Gasteiger partial charge in [0, 0.05) is 20.1 Å². The van der Waals surface area contributed by atoms with Crippen molar-refractivity contribution in [2.24, 2.45) is 46.3 Å². The van der Waals surface area contributed by atoms with Crippen LogP contribution < -0.4 is 5.32 Å². The maximum atomic E-state index is 12.3. The van der Waals surface area contributed by atoms with Crippen molar-refractivity contribution in [3.8, 4) is 0 Å². The summed E-state index contributed by atoms with van der Waals surface area (Å²) in [4.78, 5) is 12.3.